The summed E-state index contributed by atoms with van der Waals surface area (Å²) in [5.41, 5.74) is 0. The Morgan fingerprint density at radius 2 is 1.62 bits per heavy atom. The van der Waals surface area contributed by atoms with Gasteiger partial charge in [0.2, 0.25) is 0 Å². The summed E-state index contributed by atoms with van der Waals surface area (Å²) >= 11 is 0. The van der Waals surface area contributed by atoms with E-state index in [0.29, 0.717) is 0 Å². The molecule has 1 rings (SSSR count). The van der Waals surface area contributed by atoms with Crippen molar-refractivity contribution in [3.63, 3.8) is 0 Å². The molecule has 5 heteroatoms. The molecule has 78 valence electrons. The second kappa shape index (κ2) is 4.09. The first-order chi connectivity index (χ1) is 5.89. The Hall–Kier alpha value is 0.110. The van der Waals surface area contributed by atoms with E-state index in [4.69, 9.17) is 9.05 Å². The van der Waals surface area contributed by atoms with Crippen LogP contribution in [0.2, 0.25) is 0 Å². The van der Waals surface area contributed by atoms with E-state index in [0.717, 1.165) is 13.1 Å². The normalized spacial score (nSPS) is 36.6. The molecule has 0 radical (unpaired) electrons. The fraction of sp³-hybridized carbons (Fsp3) is 1.00. The smallest absolute Gasteiger partial charge is 0.304 e. The molecule has 1 aliphatic heterocycles. The van der Waals surface area contributed by atoms with Gasteiger partial charge in [-0.05, 0) is 20.9 Å². The Bertz CT molecular complexity index is 203. The van der Waals surface area contributed by atoms with Crippen LogP contribution < -0.4 is 0 Å². The molecule has 0 unspecified atom stereocenters. The van der Waals surface area contributed by atoms with Gasteiger partial charge in [0.1, 0.15) is 0 Å². The van der Waals surface area contributed by atoms with Gasteiger partial charge in [0.15, 0.2) is 0 Å². The summed E-state index contributed by atoms with van der Waals surface area (Å²) in [7, 11) is -0.818. The molecule has 0 amide bonds. The first-order valence-corrected chi connectivity index (χ1v) is 6.51. The van der Waals surface area contributed by atoms with Crippen LogP contribution in [-0.4, -0.2) is 43.9 Å². The van der Waals surface area contributed by atoms with E-state index in [1.807, 2.05) is 20.9 Å². The number of rotatable bonds is 0. The maximum absolute atomic E-state index is 11.7. The monoisotopic (exact) mass is 207 g/mol. The van der Waals surface area contributed by atoms with E-state index in [2.05, 4.69) is 4.90 Å². The molecule has 0 spiro atoms. The molecule has 0 bridgehead atoms. The fourth-order valence-electron chi connectivity index (χ4n) is 1.70. The van der Waals surface area contributed by atoms with Crippen molar-refractivity contribution in [3.8, 4) is 0 Å². The van der Waals surface area contributed by atoms with Crippen molar-refractivity contribution in [2.75, 3.05) is 26.8 Å². The first kappa shape index (κ1) is 11.2. The quantitative estimate of drug-likeness (QED) is 0.565. The highest BCUT2D eigenvalue weighted by molar-refractivity contribution is 7.53. The molecule has 0 saturated carbocycles. The lowest BCUT2D eigenvalue weighted by molar-refractivity contribution is 0.0599. The molecule has 0 aromatic rings. The summed E-state index contributed by atoms with van der Waals surface area (Å²) in [5, 5.41) is 0. The van der Waals surface area contributed by atoms with Crippen molar-refractivity contribution in [2.24, 2.45) is 0 Å². The van der Waals surface area contributed by atoms with Gasteiger partial charge in [-0.2, -0.15) is 0 Å². The molecule has 0 aliphatic carbocycles. The maximum Gasteiger partial charge on any atom is 0.328 e. The van der Waals surface area contributed by atoms with Crippen LogP contribution in [0.25, 0.3) is 0 Å². The van der Waals surface area contributed by atoms with Crippen LogP contribution in [0, 0.1) is 0 Å². The Morgan fingerprint density at radius 1 is 1.23 bits per heavy atom. The lowest BCUT2D eigenvalue weighted by Crippen LogP contribution is -2.37. The molecule has 0 N–H and O–H groups in total. The Kier molecular flexibility index (Phi) is 3.52. The van der Waals surface area contributed by atoms with E-state index >= 15 is 0 Å². The second-order valence-electron chi connectivity index (χ2n) is 3.82. The standard InChI is InChI=1S/C8H18NO3P/c1-7-5-9(3)6-8(2)12-13(4,10)11-7/h7-8H,5-6H2,1-4H3/t7-,8-/m0/s1. The number of hydrogen-bond donors (Lipinski definition) is 0. The van der Waals surface area contributed by atoms with Gasteiger partial charge in [0.05, 0.1) is 12.2 Å². The summed E-state index contributed by atoms with van der Waals surface area (Å²) in [6.45, 7) is 6.94. The minimum atomic E-state index is -2.82. The van der Waals surface area contributed by atoms with Gasteiger partial charge in [0.25, 0.3) is 0 Å². The van der Waals surface area contributed by atoms with Gasteiger partial charge in [-0.15, -0.1) is 0 Å². The SMILES string of the molecule is C[C@H]1CN(C)C[C@H](C)OP(C)(=O)O1. The van der Waals surface area contributed by atoms with Crippen LogP contribution in [0.15, 0.2) is 0 Å². The third-order valence-electron chi connectivity index (χ3n) is 1.88. The zero-order valence-corrected chi connectivity index (χ0v) is 9.58. The van der Waals surface area contributed by atoms with E-state index in [1.54, 1.807) is 0 Å². The van der Waals surface area contributed by atoms with E-state index in [-0.39, 0.29) is 12.2 Å². The number of likely N-dealkylation sites (N-methyl/N-ethyl adjacent to an activating group) is 1. The van der Waals surface area contributed by atoms with Crippen LogP contribution in [0.5, 0.6) is 0 Å². The molecular weight excluding hydrogens is 189 g/mol. The minimum Gasteiger partial charge on any atom is -0.304 e. The van der Waals surface area contributed by atoms with Crippen molar-refractivity contribution >= 4 is 7.60 Å². The number of hydrogen-bond acceptors (Lipinski definition) is 4. The van der Waals surface area contributed by atoms with E-state index < -0.39 is 7.60 Å². The van der Waals surface area contributed by atoms with E-state index in [1.165, 1.54) is 6.66 Å². The third-order valence-corrected chi connectivity index (χ3v) is 3.37. The lowest BCUT2D eigenvalue weighted by Gasteiger charge is -2.31. The Morgan fingerprint density at radius 3 is 2.00 bits per heavy atom. The molecule has 0 aromatic heterocycles. The molecule has 1 saturated heterocycles. The lowest BCUT2D eigenvalue weighted by atomic mass is 10.3. The fourth-order valence-corrected chi connectivity index (χ4v) is 3.19. The van der Waals surface area contributed by atoms with Crippen LogP contribution in [0.4, 0.5) is 0 Å². The molecule has 4 nitrogen and oxygen atoms in total. The first-order valence-electron chi connectivity index (χ1n) is 4.52. The highest BCUT2D eigenvalue weighted by Crippen LogP contribution is 2.47. The van der Waals surface area contributed by atoms with Gasteiger partial charge >= 0.3 is 7.60 Å². The summed E-state index contributed by atoms with van der Waals surface area (Å²) in [6, 6.07) is 0. The number of nitrogens with zero attached hydrogens (tertiary/aromatic N) is 1. The van der Waals surface area contributed by atoms with E-state index in [9.17, 15) is 4.57 Å². The van der Waals surface area contributed by atoms with Crippen molar-refractivity contribution in [1.82, 2.24) is 4.90 Å². The summed E-state index contributed by atoms with van der Waals surface area (Å²) in [4.78, 5) is 2.12. The van der Waals surface area contributed by atoms with Gasteiger partial charge in [0, 0.05) is 19.8 Å². The van der Waals surface area contributed by atoms with Gasteiger partial charge in [-0.3, -0.25) is 4.57 Å². The predicted octanol–water partition coefficient (Wildman–Crippen LogP) is 1.56. The predicted molar refractivity (Wildman–Crippen MR) is 52.1 cm³/mol. The van der Waals surface area contributed by atoms with Gasteiger partial charge in [-0.1, -0.05) is 0 Å². The zero-order valence-electron chi connectivity index (χ0n) is 8.69. The van der Waals surface area contributed by atoms with Gasteiger partial charge < -0.3 is 13.9 Å². The summed E-state index contributed by atoms with van der Waals surface area (Å²) in [5.74, 6) is 0. The molecule has 1 heterocycles. The van der Waals surface area contributed by atoms with Crippen LogP contribution in [-0.2, 0) is 13.6 Å². The average molecular weight is 207 g/mol. The Balaban J connectivity index is 2.65. The zero-order chi connectivity index (χ0) is 10.1. The topological polar surface area (TPSA) is 38.8 Å². The van der Waals surface area contributed by atoms with Gasteiger partial charge in [-0.25, -0.2) is 0 Å². The maximum atomic E-state index is 11.7. The van der Waals surface area contributed by atoms with Crippen LogP contribution in [0.3, 0.4) is 0 Å². The van der Waals surface area contributed by atoms with Crippen molar-refractivity contribution < 1.29 is 13.6 Å². The second-order valence-corrected chi connectivity index (χ2v) is 5.79. The molecular formula is C8H18NO3P. The van der Waals surface area contributed by atoms with Crippen molar-refractivity contribution in [2.45, 2.75) is 26.1 Å². The average Bonchev–Trinajstić information content (AvgIpc) is 1.78. The third kappa shape index (κ3) is 3.77. The highest BCUT2D eigenvalue weighted by Gasteiger charge is 2.27. The molecule has 2 atom stereocenters. The largest absolute Gasteiger partial charge is 0.328 e. The molecule has 1 fully saturated rings. The summed E-state index contributed by atoms with van der Waals surface area (Å²) in [6.07, 6.45) is -0.0679. The molecule has 13 heavy (non-hydrogen) atoms. The molecule has 0 aromatic carbocycles. The Labute approximate surface area is 79.7 Å². The highest BCUT2D eigenvalue weighted by atomic mass is 31.2. The van der Waals surface area contributed by atoms with Crippen molar-refractivity contribution in [1.29, 1.82) is 0 Å². The summed E-state index contributed by atoms with van der Waals surface area (Å²) < 4.78 is 22.3. The van der Waals surface area contributed by atoms with Crippen molar-refractivity contribution in [3.05, 3.63) is 0 Å². The molecule has 1 aliphatic rings. The van der Waals surface area contributed by atoms with Crippen LogP contribution >= 0.6 is 7.60 Å². The van der Waals surface area contributed by atoms with Crippen LogP contribution in [0.1, 0.15) is 13.8 Å². The minimum absolute atomic E-state index is 0.0340.